The van der Waals surface area contributed by atoms with Gasteiger partial charge in [0.25, 0.3) is 0 Å². The molecule has 0 heterocycles. The monoisotopic (exact) mass is 314 g/mol. The summed E-state index contributed by atoms with van der Waals surface area (Å²) >= 11 is 3.38. The van der Waals surface area contributed by atoms with Crippen molar-refractivity contribution in [2.75, 3.05) is 12.4 Å². The lowest BCUT2D eigenvalue weighted by Gasteiger charge is -2.15. The number of carbonyl (C=O) groups is 1. The summed E-state index contributed by atoms with van der Waals surface area (Å²) in [6.45, 7) is 4.07. The third kappa shape index (κ3) is 4.31. The third-order valence-corrected chi connectivity index (χ3v) is 3.19. The van der Waals surface area contributed by atoms with Gasteiger partial charge in [0, 0.05) is 10.5 Å². The number of amides is 1. The van der Waals surface area contributed by atoms with Gasteiger partial charge in [0.1, 0.15) is 5.75 Å². The van der Waals surface area contributed by atoms with Crippen LogP contribution >= 0.6 is 15.9 Å². The number of anilines is 1. The van der Waals surface area contributed by atoms with E-state index in [1.807, 2.05) is 26.0 Å². The number of hydrogen-bond acceptors (Lipinski definition) is 3. The molecule has 1 amide bonds. The van der Waals surface area contributed by atoms with Crippen molar-refractivity contribution >= 4 is 27.5 Å². The number of nitrogens with two attached hydrogens (primary N) is 1. The van der Waals surface area contributed by atoms with Crippen LogP contribution < -0.4 is 15.8 Å². The highest BCUT2D eigenvalue weighted by molar-refractivity contribution is 9.10. The van der Waals surface area contributed by atoms with E-state index in [0.29, 0.717) is 23.8 Å². The minimum atomic E-state index is -0.497. The lowest BCUT2D eigenvalue weighted by molar-refractivity contribution is -0.117. The van der Waals surface area contributed by atoms with Crippen molar-refractivity contribution in [1.29, 1.82) is 0 Å². The summed E-state index contributed by atoms with van der Waals surface area (Å²) in [4.78, 5) is 11.9. The summed E-state index contributed by atoms with van der Waals surface area (Å²) in [5.74, 6) is 0.892. The van der Waals surface area contributed by atoms with Crippen LogP contribution in [-0.2, 0) is 4.79 Å². The molecule has 3 N–H and O–H groups in total. The Balaban J connectivity index is 2.74. The average Bonchev–Trinajstić information content (AvgIpc) is 2.31. The molecular weight excluding hydrogens is 296 g/mol. The molecule has 0 bridgehead atoms. The minimum absolute atomic E-state index is 0.183. The lowest BCUT2D eigenvalue weighted by Crippen LogP contribution is -2.36. The van der Waals surface area contributed by atoms with Crippen molar-refractivity contribution < 1.29 is 9.53 Å². The van der Waals surface area contributed by atoms with Gasteiger partial charge in [-0.25, -0.2) is 0 Å². The third-order valence-electron chi connectivity index (χ3n) is 2.49. The molecule has 0 spiro atoms. The molecule has 0 aromatic heterocycles. The Morgan fingerprint density at radius 3 is 2.72 bits per heavy atom. The second kappa shape index (κ2) is 6.75. The van der Waals surface area contributed by atoms with Crippen LogP contribution in [0.15, 0.2) is 22.7 Å². The van der Waals surface area contributed by atoms with E-state index < -0.39 is 6.04 Å². The Hall–Kier alpha value is -1.07. The lowest BCUT2D eigenvalue weighted by atomic mass is 10.0. The van der Waals surface area contributed by atoms with E-state index in [2.05, 4.69) is 21.2 Å². The number of benzene rings is 1. The Kier molecular flexibility index (Phi) is 5.62. The molecule has 0 radical (unpaired) electrons. The zero-order valence-corrected chi connectivity index (χ0v) is 12.5. The van der Waals surface area contributed by atoms with Gasteiger partial charge in [0.15, 0.2) is 0 Å². The van der Waals surface area contributed by atoms with E-state index in [-0.39, 0.29) is 5.91 Å². The number of rotatable bonds is 5. The molecule has 100 valence electrons. The Labute approximate surface area is 116 Å². The SMILES string of the molecule is COc1ccc(Br)c(NC(=O)[C@H](N)CC(C)C)c1. The summed E-state index contributed by atoms with van der Waals surface area (Å²) < 4.78 is 5.91. The Morgan fingerprint density at radius 2 is 2.17 bits per heavy atom. The topological polar surface area (TPSA) is 64.3 Å². The zero-order valence-electron chi connectivity index (χ0n) is 10.9. The number of carbonyl (C=O) groups excluding carboxylic acids is 1. The van der Waals surface area contributed by atoms with Crippen molar-refractivity contribution in [2.45, 2.75) is 26.3 Å². The predicted molar refractivity (Wildman–Crippen MR) is 76.8 cm³/mol. The quantitative estimate of drug-likeness (QED) is 0.878. The van der Waals surface area contributed by atoms with Gasteiger partial charge in [0.2, 0.25) is 5.91 Å². The second-order valence-electron chi connectivity index (χ2n) is 4.57. The van der Waals surface area contributed by atoms with Crippen LogP contribution in [0.4, 0.5) is 5.69 Å². The molecule has 1 rings (SSSR count). The van der Waals surface area contributed by atoms with E-state index in [4.69, 9.17) is 10.5 Å². The van der Waals surface area contributed by atoms with E-state index in [9.17, 15) is 4.79 Å². The molecule has 1 aromatic rings. The van der Waals surface area contributed by atoms with Gasteiger partial charge >= 0.3 is 0 Å². The first-order chi connectivity index (χ1) is 8.43. The molecule has 0 aliphatic rings. The van der Waals surface area contributed by atoms with E-state index in [1.54, 1.807) is 13.2 Å². The molecule has 1 atom stereocenters. The van der Waals surface area contributed by atoms with Crippen LogP contribution in [-0.4, -0.2) is 19.1 Å². The molecule has 1 aromatic carbocycles. The van der Waals surface area contributed by atoms with Crippen LogP contribution in [0.25, 0.3) is 0 Å². The molecule has 0 aliphatic heterocycles. The van der Waals surface area contributed by atoms with Gasteiger partial charge in [-0.05, 0) is 40.4 Å². The molecule has 0 saturated heterocycles. The number of methoxy groups -OCH3 is 1. The van der Waals surface area contributed by atoms with Crippen LogP contribution in [0.2, 0.25) is 0 Å². The van der Waals surface area contributed by atoms with Gasteiger partial charge in [0.05, 0.1) is 18.8 Å². The van der Waals surface area contributed by atoms with Gasteiger partial charge in [-0.3, -0.25) is 4.79 Å². The molecule has 0 fully saturated rings. The van der Waals surface area contributed by atoms with E-state index in [0.717, 1.165) is 4.47 Å². The highest BCUT2D eigenvalue weighted by Crippen LogP contribution is 2.27. The summed E-state index contributed by atoms with van der Waals surface area (Å²) in [7, 11) is 1.58. The maximum atomic E-state index is 11.9. The van der Waals surface area contributed by atoms with E-state index >= 15 is 0 Å². The maximum absolute atomic E-state index is 11.9. The second-order valence-corrected chi connectivity index (χ2v) is 5.43. The first kappa shape index (κ1) is 15.0. The van der Waals surface area contributed by atoms with Crippen LogP contribution in [0, 0.1) is 5.92 Å². The molecule has 0 unspecified atom stereocenters. The predicted octanol–water partition coefficient (Wildman–Crippen LogP) is 2.77. The Morgan fingerprint density at radius 1 is 1.50 bits per heavy atom. The van der Waals surface area contributed by atoms with Gasteiger partial charge in [-0.15, -0.1) is 0 Å². The number of hydrogen-bond donors (Lipinski definition) is 2. The molecule has 0 saturated carbocycles. The minimum Gasteiger partial charge on any atom is -0.497 e. The van der Waals surface area contributed by atoms with Gasteiger partial charge in [-0.2, -0.15) is 0 Å². The van der Waals surface area contributed by atoms with Gasteiger partial charge in [-0.1, -0.05) is 13.8 Å². The summed E-state index contributed by atoms with van der Waals surface area (Å²) in [5.41, 5.74) is 6.49. The molecule has 18 heavy (non-hydrogen) atoms. The van der Waals surface area contributed by atoms with Crippen LogP contribution in [0.1, 0.15) is 20.3 Å². The zero-order chi connectivity index (χ0) is 13.7. The average molecular weight is 315 g/mol. The van der Waals surface area contributed by atoms with Crippen LogP contribution in [0.5, 0.6) is 5.75 Å². The summed E-state index contributed by atoms with van der Waals surface area (Å²) in [6, 6.07) is 4.89. The fraction of sp³-hybridized carbons (Fsp3) is 0.462. The smallest absolute Gasteiger partial charge is 0.241 e. The number of halogens is 1. The molecule has 5 heteroatoms. The fourth-order valence-electron chi connectivity index (χ4n) is 1.57. The van der Waals surface area contributed by atoms with Crippen molar-refractivity contribution in [3.05, 3.63) is 22.7 Å². The molecule has 4 nitrogen and oxygen atoms in total. The van der Waals surface area contributed by atoms with Crippen LogP contribution in [0.3, 0.4) is 0 Å². The Bertz CT molecular complexity index is 421. The van der Waals surface area contributed by atoms with E-state index in [1.165, 1.54) is 0 Å². The first-order valence-electron chi connectivity index (χ1n) is 5.84. The fourth-order valence-corrected chi connectivity index (χ4v) is 1.91. The van der Waals surface area contributed by atoms with Crippen molar-refractivity contribution in [2.24, 2.45) is 11.7 Å². The van der Waals surface area contributed by atoms with Crippen molar-refractivity contribution in [3.63, 3.8) is 0 Å². The molecule has 0 aliphatic carbocycles. The normalized spacial score (nSPS) is 12.3. The standard InChI is InChI=1S/C13H19BrN2O2/c1-8(2)6-11(15)13(17)16-12-7-9(18-3)4-5-10(12)14/h4-5,7-8,11H,6,15H2,1-3H3,(H,16,17)/t11-/m1/s1. The highest BCUT2D eigenvalue weighted by Gasteiger charge is 2.16. The highest BCUT2D eigenvalue weighted by atomic mass is 79.9. The summed E-state index contributed by atoms with van der Waals surface area (Å²) in [5, 5.41) is 2.80. The maximum Gasteiger partial charge on any atom is 0.241 e. The largest absolute Gasteiger partial charge is 0.497 e. The number of ether oxygens (including phenoxy) is 1. The van der Waals surface area contributed by atoms with Crippen molar-refractivity contribution in [3.8, 4) is 5.75 Å². The van der Waals surface area contributed by atoms with Gasteiger partial charge < -0.3 is 15.8 Å². The number of nitrogens with one attached hydrogen (secondary N) is 1. The first-order valence-corrected chi connectivity index (χ1v) is 6.63. The van der Waals surface area contributed by atoms with Crippen molar-refractivity contribution in [1.82, 2.24) is 0 Å². The molecular formula is C13H19BrN2O2. The summed E-state index contributed by atoms with van der Waals surface area (Å²) in [6.07, 6.45) is 0.660.